The largest absolute Gasteiger partial charge is 0.328 e. The van der Waals surface area contributed by atoms with Gasteiger partial charge in [0, 0.05) is 12.2 Å². The van der Waals surface area contributed by atoms with Crippen LogP contribution in [0.4, 0.5) is 4.39 Å². The number of rotatable bonds is 3. The quantitative estimate of drug-likeness (QED) is 0.742. The third-order valence-corrected chi connectivity index (χ3v) is 1.67. The Balaban J connectivity index is 2.57. The highest BCUT2D eigenvalue weighted by atomic mass is 19.1. The lowest BCUT2D eigenvalue weighted by atomic mass is 10.1. The Hall–Kier alpha value is -0.960. The lowest BCUT2D eigenvalue weighted by molar-refractivity contribution is 0.578. The van der Waals surface area contributed by atoms with E-state index in [4.69, 9.17) is 5.73 Å². The van der Waals surface area contributed by atoms with Gasteiger partial charge in [0.1, 0.15) is 5.82 Å². The van der Waals surface area contributed by atoms with Crippen LogP contribution in [0, 0.1) is 5.82 Å². The van der Waals surface area contributed by atoms with Crippen LogP contribution in [0.5, 0.6) is 0 Å². The third kappa shape index (κ3) is 2.58. The highest BCUT2D eigenvalue weighted by Gasteiger charge is 2.02. The first-order valence-corrected chi connectivity index (χ1v) is 4.05. The van der Waals surface area contributed by atoms with Crippen LogP contribution in [0.15, 0.2) is 18.3 Å². The van der Waals surface area contributed by atoms with Crippen molar-refractivity contribution >= 4 is 0 Å². The van der Waals surface area contributed by atoms with Crippen molar-refractivity contribution in [1.29, 1.82) is 0 Å². The van der Waals surface area contributed by atoms with Gasteiger partial charge in [0.25, 0.3) is 0 Å². The van der Waals surface area contributed by atoms with Crippen LogP contribution in [0.3, 0.4) is 0 Å². The topological polar surface area (TPSA) is 38.9 Å². The molecule has 1 heterocycles. The molecule has 0 bridgehead atoms. The predicted octanol–water partition coefficient (Wildman–Crippen LogP) is 1.50. The number of hydrogen-bond acceptors (Lipinski definition) is 2. The second kappa shape index (κ2) is 4.16. The molecule has 1 aromatic heterocycles. The van der Waals surface area contributed by atoms with Gasteiger partial charge in [-0.2, -0.15) is 0 Å². The Morgan fingerprint density at radius 1 is 1.67 bits per heavy atom. The van der Waals surface area contributed by atoms with Crippen molar-refractivity contribution in [2.75, 3.05) is 0 Å². The number of pyridine rings is 1. The van der Waals surface area contributed by atoms with Crippen molar-refractivity contribution in [2.45, 2.75) is 25.8 Å². The van der Waals surface area contributed by atoms with E-state index in [0.717, 1.165) is 6.42 Å². The van der Waals surface area contributed by atoms with Crippen LogP contribution in [-0.2, 0) is 6.42 Å². The molecule has 2 nitrogen and oxygen atoms in total. The summed E-state index contributed by atoms with van der Waals surface area (Å²) in [6, 6.07) is 3.11. The molecule has 0 aliphatic carbocycles. The zero-order valence-electron chi connectivity index (χ0n) is 7.13. The lowest BCUT2D eigenvalue weighted by Crippen LogP contribution is -2.16. The van der Waals surface area contributed by atoms with Crippen molar-refractivity contribution < 1.29 is 4.39 Å². The standard InChI is InChI=1S/C9H13FN2/c1-7(11)4-5-9-8(10)3-2-6-12-9/h2-3,6-7H,4-5,11H2,1H3/t7-/m0/s1. The van der Waals surface area contributed by atoms with Crippen LogP contribution in [0.25, 0.3) is 0 Å². The molecule has 0 aliphatic heterocycles. The average molecular weight is 168 g/mol. The van der Waals surface area contributed by atoms with Gasteiger partial charge in [-0.15, -0.1) is 0 Å². The van der Waals surface area contributed by atoms with Crippen molar-refractivity contribution in [3.63, 3.8) is 0 Å². The molecular formula is C9H13FN2. The maximum Gasteiger partial charge on any atom is 0.144 e. The summed E-state index contributed by atoms with van der Waals surface area (Å²) in [6.07, 6.45) is 2.98. The van der Waals surface area contributed by atoms with E-state index in [1.54, 1.807) is 12.3 Å². The summed E-state index contributed by atoms with van der Waals surface area (Å²) >= 11 is 0. The summed E-state index contributed by atoms with van der Waals surface area (Å²) in [5, 5.41) is 0. The first kappa shape index (κ1) is 9.13. The summed E-state index contributed by atoms with van der Waals surface area (Å²) in [7, 11) is 0. The molecule has 1 atom stereocenters. The first-order valence-electron chi connectivity index (χ1n) is 4.05. The number of aryl methyl sites for hydroxylation is 1. The fraction of sp³-hybridized carbons (Fsp3) is 0.444. The molecule has 0 aliphatic rings. The van der Waals surface area contributed by atoms with Crippen molar-refractivity contribution in [3.8, 4) is 0 Å². The van der Waals surface area contributed by atoms with E-state index in [1.165, 1.54) is 6.07 Å². The molecule has 0 saturated heterocycles. The SMILES string of the molecule is C[C@H](N)CCc1ncccc1F. The second-order valence-electron chi connectivity index (χ2n) is 2.95. The smallest absolute Gasteiger partial charge is 0.144 e. The fourth-order valence-electron chi connectivity index (χ4n) is 0.967. The van der Waals surface area contributed by atoms with Crippen LogP contribution in [-0.4, -0.2) is 11.0 Å². The van der Waals surface area contributed by atoms with E-state index in [-0.39, 0.29) is 11.9 Å². The molecule has 12 heavy (non-hydrogen) atoms. The molecule has 0 aromatic carbocycles. The predicted molar refractivity (Wildman–Crippen MR) is 46.2 cm³/mol. The number of halogens is 1. The van der Waals surface area contributed by atoms with Crippen LogP contribution in [0.1, 0.15) is 19.0 Å². The zero-order chi connectivity index (χ0) is 8.97. The molecule has 0 unspecified atom stereocenters. The molecule has 3 heteroatoms. The van der Waals surface area contributed by atoms with Gasteiger partial charge in [-0.3, -0.25) is 4.98 Å². The molecule has 0 fully saturated rings. The lowest BCUT2D eigenvalue weighted by Gasteiger charge is -2.04. The summed E-state index contributed by atoms with van der Waals surface area (Å²) < 4.78 is 12.9. The Morgan fingerprint density at radius 2 is 2.42 bits per heavy atom. The first-order chi connectivity index (χ1) is 5.70. The zero-order valence-corrected chi connectivity index (χ0v) is 7.13. The van der Waals surface area contributed by atoms with Gasteiger partial charge in [-0.05, 0) is 31.9 Å². The molecule has 0 radical (unpaired) electrons. The van der Waals surface area contributed by atoms with Crippen LogP contribution >= 0.6 is 0 Å². The molecule has 66 valence electrons. The molecule has 0 amide bonds. The van der Waals surface area contributed by atoms with E-state index in [2.05, 4.69) is 4.98 Å². The van der Waals surface area contributed by atoms with Gasteiger partial charge in [0.15, 0.2) is 0 Å². The molecule has 0 saturated carbocycles. The highest BCUT2D eigenvalue weighted by molar-refractivity contribution is 5.07. The minimum Gasteiger partial charge on any atom is -0.328 e. The van der Waals surface area contributed by atoms with Gasteiger partial charge < -0.3 is 5.73 Å². The maximum absolute atomic E-state index is 12.9. The average Bonchev–Trinajstić information content (AvgIpc) is 2.03. The minimum absolute atomic E-state index is 0.103. The Bertz CT molecular complexity index is 248. The summed E-state index contributed by atoms with van der Waals surface area (Å²) in [6.45, 7) is 1.90. The molecule has 2 N–H and O–H groups in total. The van der Waals surface area contributed by atoms with Crippen molar-refractivity contribution in [2.24, 2.45) is 5.73 Å². The Kier molecular flexibility index (Phi) is 3.17. The normalized spacial score (nSPS) is 12.9. The minimum atomic E-state index is -0.238. The van der Waals surface area contributed by atoms with E-state index < -0.39 is 0 Å². The van der Waals surface area contributed by atoms with E-state index in [9.17, 15) is 4.39 Å². The number of nitrogens with two attached hydrogens (primary N) is 1. The maximum atomic E-state index is 12.9. The number of aromatic nitrogens is 1. The molecular weight excluding hydrogens is 155 g/mol. The summed E-state index contributed by atoms with van der Waals surface area (Å²) in [5.41, 5.74) is 6.05. The van der Waals surface area contributed by atoms with Crippen LogP contribution < -0.4 is 5.73 Å². The molecule has 1 rings (SSSR count). The highest BCUT2D eigenvalue weighted by Crippen LogP contribution is 2.05. The van der Waals surface area contributed by atoms with Crippen LogP contribution in [0.2, 0.25) is 0 Å². The van der Waals surface area contributed by atoms with Gasteiger partial charge in [0.2, 0.25) is 0 Å². The van der Waals surface area contributed by atoms with E-state index >= 15 is 0 Å². The van der Waals surface area contributed by atoms with Gasteiger partial charge >= 0.3 is 0 Å². The Morgan fingerprint density at radius 3 is 3.00 bits per heavy atom. The van der Waals surface area contributed by atoms with Gasteiger partial charge in [-0.1, -0.05) is 0 Å². The van der Waals surface area contributed by atoms with Crippen molar-refractivity contribution in [1.82, 2.24) is 4.98 Å². The van der Waals surface area contributed by atoms with E-state index in [0.29, 0.717) is 12.1 Å². The van der Waals surface area contributed by atoms with Gasteiger partial charge in [0.05, 0.1) is 5.69 Å². The second-order valence-corrected chi connectivity index (χ2v) is 2.95. The third-order valence-electron chi connectivity index (χ3n) is 1.67. The Labute approximate surface area is 71.6 Å². The number of nitrogens with zero attached hydrogens (tertiary/aromatic N) is 1. The monoisotopic (exact) mass is 168 g/mol. The molecule has 0 spiro atoms. The summed E-state index contributed by atoms with van der Waals surface area (Å²) in [5.74, 6) is -0.238. The van der Waals surface area contributed by atoms with Crippen molar-refractivity contribution in [3.05, 3.63) is 29.8 Å². The van der Waals surface area contributed by atoms with E-state index in [1.807, 2.05) is 6.92 Å². The number of hydrogen-bond donors (Lipinski definition) is 1. The van der Waals surface area contributed by atoms with Gasteiger partial charge in [-0.25, -0.2) is 4.39 Å². The molecule has 1 aromatic rings. The fourth-order valence-corrected chi connectivity index (χ4v) is 0.967. The summed E-state index contributed by atoms with van der Waals surface area (Å²) in [4.78, 5) is 3.92.